The van der Waals surface area contributed by atoms with Gasteiger partial charge in [0, 0.05) is 11.8 Å². The van der Waals surface area contributed by atoms with Gasteiger partial charge < -0.3 is 4.98 Å². The molecule has 0 atom stereocenters. The summed E-state index contributed by atoms with van der Waals surface area (Å²) in [5.74, 6) is 0. The Balaban J connectivity index is 0.000000461. The third-order valence-electron chi connectivity index (χ3n) is 1.28. The normalized spacial score (nSPS) is 8.27. The maximum absolute atomic E-state index is 10.8. The monoisotopic (exact) mass is 153 g/mol. The van der Waals surface area contributed by atoms with Gasteiger partial charge in [0.15, 0.2) is 0 Å². The topological polar surface area (TPSA) is 32.9 Å². The molecule has 0 spiro atoms. The van der Waals surface area contributed by atoms with Gasteiger partial charge in [-0.05, 0) is 12.5 Å². The van der Waals surface area contributed by atoms with Crippen molar-refractivity contribution in [3.63, 3.8) is 0 Å². The molecule has 0 aliphatic rings. The lowest BCUT2D eigenvalue weighted by molar-refractivity contribution is 1.06. The third kappa shape index (κ3) is 3.03. The Kier molecular flexibility index (Phi) is 5.17. The predicted molar refractivity (Wildman–Crippen MR) is 47.8 cm³/mol. The van der Waals surface area contributed by atoms with Crippen LogP contribution in [0.25, 0.3) is 0 Å². The lowest BCUT2D eigenvalue weighted by Crippen LogP contribution is -2.09. The molecule has 0 aromatic carbocycles. The first-order valence-electron chi connectivity index (χ1n) is 4.01. The number of pyridine rings is 1. The largest absolute Gasteiger partial charge is 0.329 e. The van der Waals surface area contributed by atoms with Gasteiger partial charge in [-0.1, -0.05) is 26.8 Å². The van der Waals surface area contributed by atoms with Crippen molar-refractivity contribution in [2.75, 3.05) is 0 Å². The quantitative estimate of drug-likeness (QED) is 0.657. The van der Waals surface area contributed by atoms with E-state index in [4.69, 9.17) is 0 Å². The number of rotatable bonds is 1. The molecular formula is C9H15NO. The molecule has 62 valence electrons. The van der Waals surface area contributed by atoms with Gasteiger partial charge in [-0.15, -0.1) is 0 Å². The number of aromatic nitrogens is 1. The number of nitrogens with one attached hydrogen (secondary N) is 1. The zero-order valence-electron chi connectivity index (χ0n) is 7.35. The van der Waals surface area contributed by atoms with E-state index in [1.54, 1.807) is 6.20 Å². The summed E-state index contributed by atoms with van der Waals surface area (Å²) >= 11 is 0. The molecule has 1 rings (SSSR count). The lowest BCUT2D eigenvalue weighted by Gasteiger charge is -1.89. The number of hydrogen-bond donors (Lipinski definition) is 1. The summed E-state index contributed by atoms with van der Waals surface area (Å²) in [6.45, 7) is 5.96. The fourth-order valence-electron chi connectivity index (χ4n) is 0.735. The van der Waals surface area contributed by atoms with Crippen LogP contribution >= 0.6 is 0 Å². The Morgan fingerprint density at radius 2 is 2.09 bits per heavy atom. The highest BCUT2D eigenvalue weighted by Gasteiger charge is 1.90. The van der Waals surface area contributed by atoms with Crippen molar-refractivity contribution in [1.82, 2.24) is 4.98 Å². The molecular weight excluding hydrogens is 138 g/mol. The maximum atomic E-state index is 10.8. The van der Waals surface area contributed by atoms with Crippen molar-refractivity contribution >= 4 is 0 Å². The highest BCUT2D eigenvalue weighted by molar-refractivity contribution is 5.07. The molecule has 1 N–H and O–H groups in total. The van der Waals surface area contributed by atoms with Gasteiger partial charge in [0.2, 0.25) is 0 Å². The van der Waals surface area contributed by atoms with Crippen LogP contribution < -0.4 is 5.56 Å². The maximum Gasteiger partial charge on any atom is 0.251 e. The molecule has 0 unspecified atom stereocenters. The standard InChI is InChI=1S/C7H9NO.C2H6/c1-2-6-4-3-5-8-7(6)9;1-2/h3-5H,2H2,1H3,(H,8,9);1-2H3. The zero-order valence-corrected chi connectivity index (χ0v) is 7.35. The minimum Gasteiger partial charge on any atom is -0.329 e. The van der Waals surface area contributed by atoms with Gasteiger partial charge in [0.25, 0.3) is 5.56 Å². The zero-order chi connectivity index (χ0) is 8.69. The Bertz CT molecular complexity index is 239. The van der Waals surface area contributed by atoms with Crippen molar-refractivity contribution < 1.29 is 0 Å². The molecule has 2 nitrogen and oxygen atoms in total. The highest BCUT2D eigenvalue weighted by atomic mass is 16.1. The first-order chi connectivity index (χ1) is 5.34. The Hall–Kier alpha value is -1.05. The molecule has 1 aromatic rings. The molecule has 0 radical (unpaired) electrons. The number of aromatic amines is 1. The third-order valence-corrected chi connectivity index (χ3v) is 1.28. The second kappa shape index (κ2) is 5.71. The van der Waals surface area contributed by atoms with E-state index in [2.05, 4.69) is 4.98 Å². The van der Waals surface area contributed by atoms with Crippen LogP contribution in [0.3, 0.4) is 0 Å². The molecule has 0 saturated carbocycles. The van der Waals surface area contributed by atoms with Gasteiger partial charge in [-0.25, -0.2) is 0 Å². The van der Waals surface area contributed by atoms with Gasteiger partial charge in [0.1, 0.15) is 0 Å². The first-order valence-corrected chi connectivity index (χ1v) is 4.01. The molecule has 11 heavy (non-hydrogen) atoms. The summed E-state index contributed by atoms with van der Waals surface area (Å²) in [5, 5.41) is 0. The average molecular weight is 153 g/mol. The van der Waals surface area contributed by atoms with Crippen LogP contribution in [0.4, 0.5) is 0 Å². The van der Waals surface area contributed by atoms with Crippen molar-refractivity contribution in [3.8, 4) is 0 Å². The number of aryl methyl sites for hydroxylation is 1. The van der Waals surface area contributed by atoms with E-state index >= 15 is 0 Å². The summed E-state index contributed by atoms with van der Waals surface area (Å²) < 4.78 is 0. The van der Waals surface area contributed by atoms with Crippen LogP contribution in [-0.4, -0.2) is 4.98 Å². The smallest absolute Gasteiger partial charge is 0.251 e. The molecule has 0 bridgehead atoms. The summed E-state index contributed by atoms with van der Waals surface area (Å²) in [7, 11) is 0. The molecule has 1 heterocycles. The van der Waals surface area contributed by atoms with E-state index in [0.717, 1.165) is 12.0 Å². The van der Waals surface area contributed by atoms with Gasteiger partial charge in [-0.3, -0.25) is 4.79 Å². The molecule has 0 aliphatic carbocycles. The Labute approximate surface area is 67.3 Å². The van der Waals surface area contributed by atoms with Gasteiger partial charge >= 0.3 is 0 Å². The SMILES string of the molecule is CC.CCc1ccc[nH]c1=O. The van der Waals surface area contributed by atoms with Crippen molar-refractivity contribution in [2.24, 2.45) is 0 Å². The molecule has 2 heteroatoms. The van der Waals surface area contributed by atoms with Crippen LogP contribution in [0.2, 0.25) is 0 Å². The summed E-state index contributed by atoms with van der Waals surface area (Å²) in [6.07, 6.45) is 2.44. The summed E-state index contributed by atoms with van der Waals surface area (Å²) in [6, 6.07) is 3.67. The van der Waals surface area contributed by atoms with Crippen molar-refractivity contribution in [2.45, 2.75) is 27.2 Å². The molecule has 0 saturated heterocycles. The summed E-state index contributed by atoms with van der Waals surface area (Å²) in [4.78, 5) is 13.4. The predicted octanol–water partition coefficient (Wildman–Crippen LogP) is 1.96. The van der Waals surface area contributed by atoms with Crippen LogP contribution in [0.1, 0.15) is 26.3 Å². The molecule has 0 aliphatic heterocycles. The van der Waals surface area contributed by atoms with E-state index in [-0.39, 0.29) is 5.56 Å². The lowest BCUT2D eigenvalue weighted by atomic mass is 10.2. The van der Waals surface area contributed by atoms with E-state index < -0.39 is 0 Å². The molecule has 0 fully saturated rings. The Morgan fingerprint density at radius 3 is 2.45 bits per heavy atom. The summed E-state index contributed by atoms with van der Waals surface area (Å²) in [5.41, 5.74) is 0.873. The van der Waals surface area contributed by atoms with Crippen LogP contribution in [0.15, 0.2) is 23.1 Å². The fourth-order valence-corrected chi connectivity index (χ4v) is 0.735. The van der Waals surface area contributed by atoms with E-state index in [9.17, 15) is 4.79 Å². The van der Waals surface area contributed by atoms with E-state index in [1.807, 2.05) is 32.9 Å². The minimum atomic E-state index is 0.0278. The fraction of sp³-hybridized carbons (Fsp3) is 0.444. The number of H-pyrrole nitrogens is 1. The van der Waals surface area contributed by atoms with Crippen LogP contribution in [0.5, 0.6) is 0 Å². The second-order valence-corrected chi connectivity index (χ2v) is 1.88. The van der Waals surface area contributed by atoms with Gasteiger partial charge in [-0.2, -0.15) is 0 Å². The highest BCUT2D eigenvalue weighted by Crippen LogP contribution is 1.87. The Morgan fingerprint density at radius 1 is 1.45 bits per heavy atom. The second-order valence-electron chi connectivity index (χ2n) is 1.88. The molecule has 1 aromatic heterocycles. The van der Waals surface area contributed by atoms with E-state index in [0.29, 0.717) is 0 Å². The average Bonchev–Trinajstić information content (AvgIpc) is 2.09. The van der Waals surface area contributed by atoms with Crippen molar-refractivity contribution in [1.29, 1.82) is 0 Å². The van der Waals surface area contributed by atoms with Crippen molar-refractivity contribution in [3.05, 3.63) is 34.2 Å². The van der Waals surface area contributed by atoms with Crippen LogP contribution in [0, 0.1) is 0 Å². The number of hydrogen-bond acceptors (Lipinski definition) is 1. The van der Waals surface area contributed by atoms with E-state index in [1.165, 1.54) is 0 Å². The van der Waals surface area contributed by atoms with Gasteiger partial charge in [0.05, 0.1) is 0 Å². The first kappa shape index (κ1) is 9.95. The van der Waals surface area contributed by atoms with Crippen LogP contribution in [-0.2, 0) is 6.42 Å². The molecule has 0 amide bonds. The minimum absolute atomic E-state index is 0.0278.